The summed E-state index contributed by atoms with van der Waals surface area (Å²) < 4.78 is 53.0. The molecular weight excluding hydrogens is 791 g/mol. The molecule has 0 spiro atoms. The third kappa shape index (κ3) is 22.9. The number of esters is 1. The van der Waals surface area contributed by atoms with Gasteiger partial charge in [-0.2, -0.15) is 0 Å². The summed E-state index contributed by atoms with van der Waals surface area (Å²) in [6.45, 7) is 4.98. The largest absolute Gasteiger partial charge is 0.455 e. The van der Waals surface area contributed by atoms with E-state index in [2.05, 4.69) is 31.2 Å². The Balaban J connectivity index is 1.28. The van der Waals surface area contributed by atoms with Crippen LogP contribution >= 0.6 is 0 Å². The highest BCUT2D eigenvalue weighted by atomic mass is 19.2. The maximum absolute atomic E-state index is 14.6. The average Bonchev–Trinajstić information content (AvgIpc) is 3.30. The number of halogens is 2. The fourth-order valence-corrected chi connectivity index (χ4v) is 8.09. The second-order valence-electron chi connectivity index (χ2n) is 17.3. The molecule has 0 heterocycles. The Bertz CT molecular complexity index is 1660. The Hall–Kier alpha value is -4.07. The van der Waals surface area contributed by atoms with Gasteiger partial charge in [-0.05, 0) is 67.0 Å². The van der Waals surface area contributed by atoms with Crippen LogP contribution in [0.1, 0.15) is 172 Å². The SMILES string of the molecule is CCCCCCCCCCCCCCCC(OC(=O)C(CCCCCCOCc1ccccc1)CCCCCCOCc1ccccc1)Oc1ccc(-c2cccc(F)c2F)cc1. The summed E-state index contributed by atoms with van der Waals surface area (Å²) in [5, 5.41) is 0. The maximum atomic E-state index is 14.6. The third-order valence-corrected chi connectivity index (χ3v) is 11.9. The first kappa shape index (κ1) is 51.6. The first-order chi connectivity index (χ1) is 31.0. The van der Waals surface area contributed by atoms with Crippen LogP contribution in [0.5, 0.6) is 5.75 Å². The monoisotopic (exact) mass is 869 g/mol. The second kappa shape index (κ2) is 33.4. The molecule has 0 aliphatic carbocycles. The predicted molar refractivity (Wildman–Crippen MR) is 254 cm³/mol. The highest BCUT2D eigenvalue weighted by Gasteiger charge is 2.24. The molecule has 346 valence electrons. The summed E-state index contributed by atoms with van der Waals surface area (Å²) in [6, 6.07) is 31.6. The molecule has 4 aromatic carbocycles. The summed E-state index contributed by atoms with van der Waals surface area (Å²) in [5.74, 6) is -1.62. The lowest BCUT2D eigenvalue weighted by Gasteiger charge is -2.23. The first-order valence-corrected chi connectivity index (χ1v) is 24.7. The van der Waals surface area contributed by atoms with Gasteiger partial charge in [0.05, 0.1) is 19.1 Å². The fourth-order valence-electron chi connectivity index (χ4n) is 8.09. The van der Waals surface area contributed by atoms with Crippen molar-refractivity contribution in [2.75, 3.05) is 13.2 Å². The maximum Gasteiger partial charge on any atom is 0.312 e. The number of benzene rings is 4. The average molecular weight is 869 g/mol. The van der Waals surface area contributed by atoms with Crippen LogP contribution in [-0.4, -0.2) is 25.5 Å². The zero-order chi connectivity index (χ0) is 44.4. The molecule has 1 unspecified atom stereocenters. The zero-order valence-electron chi connectivity index (χ0n) is 38.6. The molecule has 0 aromatic heterocycles. The van der Waals surface area contributed by atoms with Gasteiger partial charge >= 0.3 is 5.97 Å². The Kier molecular flexibility index (Phi) is 27.4. The zero-order valence-corrected chi connectivity index (χ0v) is 38.6. The summed E-state index contributed by atoms with van der Waals surface area (Å²) in [6.07, 6.45) is 25.8. The molecule has 1 atom stereocenters. The van der Waals surface area contributed by atoms with E-state index in [-0.39, 0.29) is 17.5 Å². The van der Waals surface area contributed by atoms with E-state index in [1.54, 1.807) is 30.3 Å². The molecule has 0 aliphatic heterocycles. The van der Waals surface area contributed by atoms with Crippen molar-refractivity contribution in [1.29, 1.82) is 0 Å². The minimum Gasteiger partial charge on any atom is -0.455 e. The van der Waals surface area contributed by atoms with Crippen LogP contribution in [0.2, 0.25) is 0 Å². The van der Waals surface area contributed by atoms with Gasteiger partial charge in [0, 0.05) is 25.2 Å². The third-order valence-electron chi connectivity index (χ3n) is 11.9. The Labute approximate surface area is 379 Å². The number of ether oxygens (including phenoxy) is 4. The van der Waals surface area contributed by atoms with E-state index in [0.29, 0.717) is 30.9 Å². The van der Waals surface area contributed by atoms with Crippen molar-refractivity contribution in [3.8, 4) is 16.9 Å². The highest BCUT2D eigenvalue weighted by Crippen LogP contribution is 2.28. The minimum absolute atomic E-state index is 0.189. The predicted octanol–water partition coefficient (Wildman–Crippen LogP) is 16.3. The van der Waals surface area contributed by atoms with Gasteiger partial charge in [0.2, 0.25) is 6.29 Å². The quantitative estimate of drug-likeness (QED) is 0.0257. The van der Waals surface area contributed by atoms with Gasteiger partial charge in [-0.25, -0.2) is 8.78 Å². The van der Waals surface area contributed by atoms with E-state index in [1.165, 1.54) is 81.4 Å². The molecule has 0 fully saturated rings. The molecule has 4 aromatic rings. The number of hydrogen-bond donors (Lipinski definition) is 0. The van der Waals surface area contributed by atoms with Crippen molar-refractivity contribution < 1.29 is 32.5 Å². The normalized spacial score (nSPS) is 11.9. The van der Waals surface area contributed by atoms with Crippen molar-refractivity contribution >= 4 is 5.97 Å². The smallest absolute Gasteiger partial charge is 0.312 e. The molecule has 0 amide bonds. The van der Waals surface area contributed by atoms with Crippen molar-refractivity contribution in [3.05, 3.63) is 126 Å². The number of carbonyl (C=O) groups excluding carboxylic acids is 1. The number of rotatable bonds is 37. The highest BCUT2D eigenvalue weighted by molar-refractivity contribution is 5.72. The topological polar surface area (TPSA) is 54.0 Å². The van der Waals surface area contributed by atoms with Gasteiger partial charge in [0.25, 0.3) is 0 Å². The minimum atomic E-state index is -0.882. The Morgan fingerprint density at radius 3 is 1.46 bits per heavy atom. The van der Waals surface area contributed by atoms with E-state index < -0.39 is 17.9 Å². The number of carbonyl (C=O) groups is 1. The van der Waals surface area contributed by atoms with Crippen LogP contribution < -0.4 is 4.74 Å². The van der Waals surface area contributed by atoms with Crippen molar-refractivity contribution in [1.82, 2.24) is 0 Å². The lowest BCUT2D eigenvalue weighted by molar-refractivity contribution is -0.170. The Morgan fingerprint density at radius 1 is 0.492 bits per heavy atom. The van der Waals surface area contributed by atoms with Crippen molar-refractivity contribution in [2.24, 2.45) is 5.92 Å². The van der Waals surface area contributed by atoms with E-state index in [0.717, 1.165) is 103 Å². The van der Waals surface area contributed by atoms with Gasteiger partial charge in [0.1, 0.15) is 5.75 Å². The number of unbranched alkanes of at least 4 members (excludes halogenated alkanes) is 18. The molecule has 0 saturated heterocycles. The van der Waals surface area contributed by atoms with E-state index in [1.807, 2.05) is 36.4 Å². The van der Waals surface area contributed by atoms with E-state index in [9.17, 15) is 13.6 Å². The van der Waals surface area contributed by atoms with Gasteiger partial charge in [-0.15, -0.1) is 0 Å². The molecule has 0 N–H and O–H groups in total. The molecular formula is C56H78F2O5. The van der Waals surface area contributed by atoms with Crippen molar-refractivity contribution in [2.45, 2.75) is 181 Å². The fraction of sp³-hybridized carbons (Fsp3) is 0.554. The molecule has 0 bridgehead atoms. The molecule has 0 saturated carbocycles. The molecule has 4 rings (SSSR count). The number of hydrogen-bond acceptors (Lipinski definition) is 5. The lowest BCUT2D eigenvalue weighted by atomic mass is 9.94. The van der Waals surface area contributed by atoms with Crippen LogP contribution in [0.25, 0.3) is 11.1 Å². The lowest BCUT2D eigenvalue weighted by Crippen LogP contribution is -2.28. The molecule has 0 aliphatic rings. The second-order valence-corrected chi connectivity index (χ2v) is 17.3. The van der Waals surface area contributed by atoms with Crippen LogP contribution in [0.15, 0.2) is 103 Å². The van der Waals surface area contributed by atoms with E-state index >= 15 is 0 Å². The molecule has 63 heavy (non-hydrogen) atoms. The molecule has 5 nitrogen and oxygen atoms in total. The van der Waals surface area contributed by atoms with Crippen LogP contribution in [-0.2, 0) is 32.2 Å². The van der Waals surface area contributed by atoms with Gasteiger partial charge in [-0.1, -0.05) is 207 Å². The Morgan fingerprint density at radius 2 is 0.952 bits per heavy atom. The molecule has 0 radical (unpaired) electrons. The summed E-state index contributed by atoms with van der Waals surface area (Å²) in [4.78, 5) is 14.0. The van der Waals surface area contributed by atoms with Gasteiger partial charge in [-0.3, -0.25) is 4.79 Å². The summed E-state index contributed by atoms with van der Waals surface area (Å²) in [5.41, 5.74) is 3.12. The van der Waals surface area contributed by atoms with Crippen LogP contribution in [0.4, 0.5) is 8.78 Å². The summed E-state index contributed by atoms with van der Waals surface area (Å²) >= 11 is 0. The molecule has 7 heteroatoms. The standard InChI is InChI=1S/C56H78F2O5/c1-2-3-4-5-6-7-8-9-10-11-12-13-26-38-54(62-51-41-39-49(40-42-51)52-36-29-37-53(57)55(52)58)63-56(59)50(34-24-14-16-27-43-60-45-47-30-20-18-21-31-47)35-25-15-17-28-44-61-46-48-32-22-19-23-33-48/h18-23,29-33,36-37,39-42,50,54H,2-17,24-28,34-35,38,43-46H2,1H3. The van der Waals surface area contributed by atoms with E-state index in [4.69, 9.17) is 18.9 Å². The van der Waals surface area contributed by atoms with Crippen LogP contribution in [0.3, 0.4) is 0 Å². The summed E-state index contributed by atoms with van der Waals surface area (Å²) in [7, 11) is 0. The van der Waals surface area contributed by atoms with Gasteiger partial charge < -0.3 is 18.9 Å². The van der Waals surface area contributed by atoms with Gasteiger partial charge in [0.15, 0.2) is 11.6 Å². The van der Waals surface area contributed by atoms with Crippen molar-refractivity contribution in [3.63, 3.8) is 0 Å². The first-order valence-electron chi connectivity index (χ1n) is 24.7. The van der Waals surface area contributed by atoms with Crippen LogP contribution in [0, 0.1) is 17.6 Å².